The number of aliphatic carboxylic acids is 2. The van der Waals surface area contributed by atoms with Crippen molar-refractivity contribution >= 4 is 11.9 Å². The zero-order valence-corrected chi connectivity index (χ0v) is 9.90. The van der Waals surface area contributed by atoms with Crippen LogP contribution in [-0.4, -0.2) is 22.2 Å². The second-order valence-corrected chi connectivity index (χ2v) is 3.32. The van der Waals surface area contributed by atoms with Crippen LogP contribution in [0.1, 0.15) is 39.5 Å². The van der Waals surface area contributed by atoms with E-state index in [1.807, 2.05) is 0 Å². The van der Waals surface area contributed by atoms with Crippen molar-refractivity contribution in [3.8, 4) is 0 Å². The predicted octanol–water partition coefficient (Wildman–Crippen LogP) is 2.85. The van der Waals surface area contributed by atoms with Gasteiger partial charge < -0.3 is 10.2 Å². The molecule has 0 rings (SSSR count). The Morgan fingerprint density at radius 2 is 1.75 bits per heavy atom. The third kappa shape index (κ3) is 18.3. The van der Waals surface area contributed by atoms with Gasteiger partial charge in [-0.3, -0.25) is 0 Å². The van der Waals surface area contributed by atoms with Crippen molar-refractivity contribution in [3.05, 3.63) is 24.3 Å². The lowest BCUT2D eigenvalue weighted by molar-refractivity contribution is -0.133. The molecule has 0 saturated heterocycles. The molecule has 0 aliphatic rings. The molecule has 0 amide bonds. The summed E-state index contributed by atoms with van der Waals surface area (Å²) in [7, 11) is 0. The molecule has 4 nitrogen and oxygen atoms in total. The summed E-state index contributed by atoms with van der Waals surface area (Å²) in [5.41, 5.74) is 0.176. The van der Waals surface area contributed by atoms with E-state index in [-0.39, 0.29) is 5.57 Å². The van der Waals surface area contributed by atoms with Crippen molar-refractivity contribution in [1.29, 1.82) is 0 Å². The number of carbonyl (C=O) groups is 2. The molecule has 0 spiro atoms. The van der Waals surface area contributed by atoms with Gasteiger partial charge in [0.2, 0.25) is 0 Å². The molecule has 2 N–H and O–H groups in total. The average Bonchev–Trinajstić information content (AvgIpc) is 2.18. The van der Waals surface area contributed by atoms with Gasteiger partial charge in [0.25, 0.3) is 0 Å². The third-order valence-corrected chi connectivity index (χ3v) is 1.60. The van der Waals surface area contributed by atoms with E-state index in [0.717, 1.165) is 12.8 Å². The number of carboxylic acids is 2. The topological polar surface area (TPSA) is 74.6 Å². The summed E-state index contributed by atoms with van der Waals surface area (Å²) in [6.45, 7) is 6.73. The monoisotopic (exact) mass is 228 g/mol. The normalized spacial score (nSPS) is 9.38. The molecule has 0 heterocycles. The van der Waals surface area contributed by atoms with E-state index < -0.39 is 11.9 Å². The molecule has 0 aliphatic carbocycles. The molecule has 0 aromatic heterocycles. The number of allylic oxidation sites excluding steroid dienone is 1. The SMILES string of the molecule is C=C(C)C(=O)O.CCCCCC=CC(=O)O. The summed E-state index contributed by atoms with van der Waals surface area (Å²) in [5.74, 6) is -1.79. The van der Waals surface area contributed by atoms with Gasteiger partial charge in [0.1, 0.15) is 0 Å². The zero-order chi connectivity index (χ0) is 13.0. The fourth-order valence-electron chi connectivity index (χ4n) is 0.696. The van der Waals surface area contributed by atoms with Gasteiger partial charge in [-0.1, -0.05) is 32.4 Å². The zero-order valence-electron chi connectivity index (χ0n) is 9.90. The van der Waals surface area contributed by atoms with Crippen molar-refractivity contribution in [3.63, 3.8) is 0 Å². The number of hydrogen-bond donors (Lipinski definition) is 2. The summed E-state index contributed by atoms with van der Waals surface area (Å²) in [5, 5.41) is 16.1. The van der Waals surface area contributed by atoms with E-state index in [1.54, 1.807) is 6.08 Å². The minimum Gasteiger partial charge on any atom is -0.478 e. The lowest BCUT2D eigenvalue weighted by Gasteiger charge is -1.89. The highest BCUT2D eigenvalue weighted by atomic mass is 16.4. The summed E-state index contributed by atoms with van der Waals surface area (Å²) in [6, 6.07) is 0. The molecule has 0 aromatic carbocycles. The Labute approximate surface area is 96.3 Å². The quantitative estimate of drug-likeness (QED) is 0.541. The molecule has 0 radical (unpaired) electrons. The lowest BCUT2D eigenvalue weighted by atomic mass is 10.2. The van der Waals surface area contributed by atoms with Crippen LogP contribution in [-0.2, 0) is 9.59 Å². The van der Waals surface area contributed by atoms with Gasteiger partial charge in [-0.05, 0) is 19.8 Å². The van der Waals surface area contributed by atoms with Crippen LogP contribution in [0.15, 0.2) is 24.3 Å². The van der Waals surface area contributed by atoms with Crippen molar-refractivity contribution < 1.29 is 19.8 Å². The summed E-state index contributed by atoms with van der Waals surface area (Å²) >= 11 is 0. The molecule has 0 aromatic rings. The van der Waals surface area contributed by atoms with Crippen LogP contribution in [0.3, 0.4) is 0 Å². The van der Waals surface area contributed by atoms with Crippen LogP contribution < -0.4 is 0 Å². The predicted molar refractivity (Wildman–Crippen MR) is 63.4 cm³/mol. The molecule has 0 fully saturated rings. The van der Waals surface area contributed by atoms with Crippen LogP contribution >= 0.6 is 0 Å². The number of unbranched alkanes of at least 4 members (excludes halogenated alkanes) is 3. The first-order valence-electron chi connectivity index (χ1n) is 5.20. The minimum atomic E-state index is -0.935. The Balaban J connectivity index is 0. The third-order valence-electron chi connectivity index (χ3n) is 1.60. The first-order valence-corrected chi connectivity index (χ1v) is 5.20. The Morgan fingerprint density at radius 3 is 2.06 bits per heavy atom. The fourth-order valence-corrected chi connectivity index (χ4v) is 0.696. The largest absolute Gasteiger partial charge is 0.478 e. The Bertz CT molecular complexity index is 242. The first kappa shape index (κ1) is 16.8. The van der Waals surface area contributed by atoms with Crippen LogP contribution in [0, 0.1) is 0 Å². The second-order valence-electron chi connectivity index (χ2n) is 3.32. The maximum Gasteiger partial charge on any atom is 0.330 e. The minimum absolute atomic E-state index is 0.176. The summed E-state index contributed by atoms with van der Waals surface area (Å²) < 4.78 is 0. The van der Waals surface area contributed by atoms with E-state index in [2.05, 4.69) is 13.5 Å². The number of hydrogen-bond acceptors (Lipinski definition) is 2. The highest BCUT2D eigenvalue weighted by Crippen LogP contribution is 1.98. The highest BCUT2D eigenvalue weighted by molar-refractivity contribution is 5.84. The van der Waals surface area contributed by atoms with Crippen LogP contribution in [0.5, 0.6) is 0 Å². The maximum atomic E-state index is 9.95. The Hall–Kier alpha value is -1.58. The van der Waals surface area contributed by atoms with Crippen molar-refractivity contribution in [2.24, 2.45) is 0 Å². The highest BCUT2D eigenvalue weighted by Gasteiger charge is 1.90. The fraction of sp³-hybridized carbons (Fsp3) is 0.500. The van der Waals surface area contributed by atoms with Crippen LogP contribution in [0.2, 0.25) is 0 Å². The van der Waals surface area contributed by atoms with Crippen LogP contribution in [0.25, 0.3) is 0 Å². The molecular formula is C12H20O4. The molecule has 16 heavy (non-hydrogen) atoms. The smallest absolute Gasteiger partial charge is 0.330 e. The molecule has 0 aliphatic heterocycles. The molecule has 0 saturated carbocycles. The average molecular weight is 228 g/mol. The van der Waals surface area contributed by atoms with E-state index in [9.17, 15) is 9.59 Å². The Kier molecular flexibility index (Phi) is 12.1. The molecule has 0 bridgehead atoms. The molecule has 4 heteroatoms. The van der Waals surface area contributed by atoms with E-state index >= 15 is 0 Å². The van der Waals surface area contributed by atoms with Crippen molar-refractivity contribution in [1.82, 2.24) is 0 Å². The molecule has 0 unspecified atom stereocenters. The first-order chi connectivity index (χ1) is 7.41. The van der Waals surface area contributed by atoms with Gasteiger partial charge >= 0.3 is 11.9 Å². The van der Waals surface area contributed by atoms with Gasteiger partial charge in [0.15, 0.2) is 0 Å². The van der Waals surface area contributed by atoms with Crippen molar-refractivity contribution in [2.75, 3.05) is 0 Å². The van der Waals surface area contributed by atoms with E-state index in [0.29, 0.717) is 0 Å². The van der Waals surface area contributed by atoms with Gasteiger partial charge in [0, 0.05) is 11.6 Å². The maximum absolute atomic E-state index is 9.95. The standard InChI is InChI=1S/C8H14O2.C4H6O2/c1-2-3-4-5-6-7-8(9)10;1-3(2)4(5)6/h6-7H,2-5H2,1H3,(H,9,10);1H2,2H3,(H,5,6). The van der Waals surface area contributed by atoms with Gasteiger partial charge in [-0.25, -0.2) is 9.59 Å². The van der Waals surface area contributed by atoms with Gasteiger partial charge in [0.05, 0.1) is 0 Å². The van der Waals surface area contributed by atoms with Gasteiger partial charge in [-0.15, -0.1) is 0 Å². The van der Waals surface area contributed by atoms with E-state index in [4.69, 9.17) is 10.2 Å². The van der Waals surface area contributed by atoms with Gasteiger partial charge in [-0.2, -0.15) is 0 Å². The molecular weight excluding hydrogens is 208 g/mol. The Morgan fingerprint density at radius 1 is 1.25 bits per heavy atom. The summed E-state index contributed by atoms with van der Waals surface area (Å²) in [4.78, 5) is 19.5. The second kappa shape index (κ2) is 11.5. The van der Waals surface area contributed by atoms with Crippen LogP contribution in [0.4, 0.5) is 0 Å². The number of rotatable bonds is 6. The van der Waals surface area contributed by atoms with Crippen molar-refractivity contribution in [2.45, 2.75) is 39.5 Å². The number of carboxylic acid groups (broad SMARTS) is 2. The lowest BCUT2D eigenvalue weighted by Crippen LogP contribution is -1.92. The van der Waals surface area contributed by atoms with E-state index in [1.165, 1.54) is 25.8 Å². The molecule has 92 valence electrons. The summed E-state index contributed by atoms with van der Waals surface area (Å²) in [6.07, 6.45) is 7.26. The molecule has 0 atom stereocenters.